The maximum atomic E-state index is 6.03. The van der Waals surface area contributed by atoms with Gasteiger partial charge in [0.15, 0.2) is 0 Å². The van der Waals surface area contributed by atoms with Gasteiger partial charge < -0.3 is 16.8 Å². The molecule has 0 aromatic heterocycles. The largest absolute Gasteiger partial charge is 0.399 e. The van der Waals surface area contributed by atoms with Gasteiger partial charge in [0.25, 0.3) is 0 Å². The molecule has 180 valence electrons. The van der Waals surface area contributed by atoms with Gasteiger partial charge in [0, 0.05) is 28.1 Å². The molecule has 5 N–H and O–H groups in total. The average Bonchev–Trinajstić information content (AvgIpc) is 2.84. The number of aliphatic imine (C=N–C) groups is 1. The molecule has 0 saturated heterocycles. The Hall–Kier alpha value is -3.27. The van der Waals surface area contributed by atoms with Crippen molar-refractivity contribution in [2.24, 2.45) is 16.6 Å². The van der Waals surface area contributed by atoms with Gasteiger partial charge in [-0.2, -0.15) is 0 Å². The Morgan fingerprint density at radius 2 is 1.32 bits per heavy atom. The molecule has 0 amide bonds. The summed E-state index contributed by atoms with van der Waals surface area (Å²) in [5.41, 5.74) is 18.6. The van der Waals surface area contributed by atoms with Crippen molar-refractivity contribution in [3.63, 3.8) is 0 Å². The molecule has 0 spiro atoms. The van der Waals surface area contributed by atoms with Gasteiger partial charge in [-0.05, 0) is 52.9 Å². The lowest BCUT2D eigenvalue weighted by molar-refractivity contribution is 0.617. The first-order valence-corrected chi connectivity index (χ1v) is 12.2. The van der Waals surface area contributed by atoms with Crippen LogP contribution in [0.3, 0.4) is 0 Å². The zero-order valence-corrected chi connectivity index (χ0v) is 21.5. The predicted molar refractivity (Wildman–Crippen MR) is 148 cm³/mol. The Bertz CT molecular complexity index is 1110. The fourth-order valence-electron chi connectivity index (χ4n) is 4.12. The molecule has 3 rings (SSSR count). The Labute approximate surface area is 205 Å². The van der Waals surface area contributed by atoms with E-state index < -0.39 is 0 Å². The summed E-state index contributed by atoms with van der Waals surface area (Å²) in [6.45, 7) is 13.8. The molecule has 4 heteroatoms. The van der Waals surface area contributed by atoms with Crippen molar-refractivity contribution < 1.29 is 0 Å². The number of rotatable bonds is 9. The van der Waals surface area contributed by atoms with Gasteiger partial charge in [0.1, 0.15) is 6.67 Å². The van der Waals surface area contributed by atoms with E-state index in [2.05, 4.69) is 113 Å². The number of hydrogen-bond acceptors (Lipinski definition) is 3. The van der Waals surface area contributed by atoms with Crippen molar-refractivity contribution in [1.82, 2.24) is 0 Å². The summed E-state index contributed by atoms with van der Waals surface area (Å²) < 4.78 is 0. The lowest BCUT2D eigenvalue weighted by atomic mass is 9.73. The van der Waals surface area contributed by atoms with Crippen LogP contribution in [0.5, 0.6) is 0 Å². The Balaban J connectivity index is 1.79. The van der Waals surface area contributed by atoms with Gasteiger partial charge in [-0.1, -0.05) is 90.1 Å². The van der Waals surface area contributed by atoms with Crippen LogP contribution in [-0.2, 0) is 10.8 Å². The van der Waals surface area contributed by atoms with E-state index in [0.717, 1.165) is 17.8 Å². The van der Waals surface area contributed by atoms with Crippen LogP contribution in [0.1, 0.15) is 70.2 Å². The number of benzene rings is 3. The van der Waals surface area contributed by atoms with Crippen LogP contribution in [-0.4, -0.2) is 12.5 Å². The van der Waals surface area contributed by atoms with Crippen LogP contribution in [0.2, 0.25) is 0 Å². The second-order valence-electron chi connectivity index (χ2n) is 10.3. The maximum Gasteiger partial charge on any atom is 0.109 e. The topological polar surface area (TPSA) is 76.4 Å². The maximum absolute atomic E-state index is 6.03. The van der Waals surface area contributed by atoms with E-state index in [1.54, 1.807) is 0 Å². The SMILES string of the molecule is CCC(C)/C(N)=N/CNc1ccc(C(C)(C)c2cccc(C(C)(C)c3ccc(N)cc3)c2)cc1. The van der Waals surface area contributed by atoms with E-state index in [1.165, 1.54) is 22.3 Å². The quantitative estimate of drug-likeness (QED) is 0.191. The van der Waals surface area contributed by atoms with Gasteiger partial charge >= 0.3 is 0 Å². The van der Waals surface area contributed by atoms with Crippen LogP contribution in [0.15, 0.2) is 77.8 Å². The summed E-state index contributed by atoms with van der Waals surface area (Å²) in [6, 6.07) is 25.8. The smallest absolute Gasteiger partial charge is 0.109 e. The Morgan fingerprint density at radius 3 is 1.82 bits per heavy atom. The molecule has 1 unspecified atom stereocenters. The highest BCUT2D eigenvalue weighted by atomic mass is 15.0. The average molecular weight is 457 g/mol. The fourth-order valence-corrected chi connectivity index (χ4v) is 4.12. The zero-order chi connectivity index (χ0) is 24.9. The van der Waals surface area contributed by atoms with Crippen LogP contribution in [0, 0.1) is 5.92 Å². The van der Waals surface area contributed by atoms with Gasteiger partial charge in [-0.3, -0.25) is 4.99 Å². The van der Waals surface area contributed by atoms with E-state index >= 15 is 0 Å². The van der Waals surface area contributed by atoms with E-state index in [-0.39, 0.29) is 10.8 Å². The minimum absolute atomic E-state index is 0.120. The molecular formula is C30H40N4. The summed E-state index contributed by atoms with van der Waals surface area (Å²) in [7, 11) is 0. The number of nitrogen functional groups attached to an aromatic ring is 1. The van der Waals surface area contributed by atoms with Crippen molar-refractivity contribution in [2.45, 2.75) is 58.8 Å². The number of nitrogens with one attached hydrogen (secondary N) is 1. The first kappa shape index (κ1) is 25.4. The highest BCUT2D eigenvalue weighted by molar-refractivity contribution is 5.82. The van der Waals surface area contributed by atoms with E-state index in [4.69, 9.17) is 11.5 Å². The summed E-state index contributed by atoms with van der Waals surface area (Å²) in [5, 5.41) is 3.35. The van der Waals surface area contributed by atoms with E-state index in [0.29, 0.717) is 18.4 Å². The molecule has 1 atom stereocenters. The predicted octanol–water partition coefficient (Wildman–Crippen LogP) is 6.69. The van der Waals surface area contributed by atoms with Gasteiger partial charge in [-0.15, -0.1) is 0 Å². The normalized spacial score (nSPS) is 13.5. The number of nitrogens with two attached hydrogens (primary N) is 2. The van der Waals surface area contributed by atoms with Crippen molar-refractivity contribution in [2.75, 3.05) is 17.7 Å². The molecule has 0 bridgehead atoms. The molecule has 0 aliphatic heterocycles. The number of anilines is 2. The first-order valence-electron chi connectivity index (χ1n) is 12.2. The highest BCUT2D eigenvalue weighted by Crippen LogP contribution is 2.37. The fraction of sp³-hybridized carbons (Fsp3) is 0.367. The van der Waals surface area contributed by atoms with Crippen LogP contribution in [0.4, 0.5) is 11.4 Å². The lowest BCUT2D eigenvalue weighted by Crippen LogP contribution is -2.23. The zero-order valence-electron chi connectivity index (χ0n) is 21.5. The van der Waals surface area contributed by atoms with Gasteiger partial charge in [0.2, 0.25) is 0 Å². The second kappa shape index (κ2) is 10.3. The molecule has 0 saturated carbocycles. The molecule has 0 heterocycles. The van der Waals surface area contributed by atoms with Crippen LogP contribution in [0.25, 0.3) is 0 Å². The van der Waals surface area contributed by atoms with Crippen molar-refractivity contribution in [3.8, 4) is 0 Å². The Kier molecular flexibility index (Phi) is 7.71. The molecule has 0 aliphatic rings. The third kappa shape index (κ3) is 5.61. The molecule has 3 aromatic carbocycles. The second-order valence-corrected chi connectivity index (χ2v) is 10.3. The number of nitrogens with zero attached hydrogens (tertiary/aromatic N) is 1. The lowest BCUT2D eigenvalue weighted by Gasteiger charge is -2.31. The van der Waals surface area contributed by atoms with Crippen molar-refractivity contribution >= 4 is 17.2 Å². The van der Waals surface area contributed by atoms with Gasteiger partial charge in [0.05, 0.1) is 5.84 Å². The summed E-state index contributed by atoms with van der Waals surface area (Å²) in [4.78, 5) is 4.45. The highest BCUT2D eigenvalue weighted by Gasteiger charge is 2.27. The Morgan fingerprint density at radius 1 is 0.824 bits per heavy atom. The number of amidine groups is 1. The molecular weight excluding hydrogens is 416 g/mol. The summed E-state index contributed by atoms with van der Waals surface area (Å²) in [5.74, 6) is 1.01. The minimum Gasteiger partial charge on any atom is -0.399 e. The third-order valence-electron chi connectivity index (χ3n) is 7.21. The summed E-state index contributed by atoms with van der Waals surface area (Å²) in [6.07, 6.45) is 0.997. The molecule has 4 nitrogen and oxygen atoms in total. The molecule has 0 aliphatic carbocycles. The van der Waals surface area contributed by atoms with E-state index in [1.807, 2.05) is 12.1 Å². The summed E-state index contributed by atoms with van der Waals surface area (Å²) >= 11 is 0. The van der Waals surface area contributed by atoms with Crippen LogP contribution < -0.4 is 16.8 Å². The monoisotopic (exact) mass is 456 g/mol. The van der Waals surface area contributed by atoms with E-state index in [9.17, 15) is 0 Å². The number of hydrogen-bond donors (Lipinski definition) is 3. The third-order valence-corrected chi connectivity index (χ3v) is 7.21. The first-order chi connectivity index (χ1) is 16.1. The van der Waals surface area contributed by atoms with Gasteiger partial charge in [-0.25, -0.2) is 0 Å². The molecule has 0 fully saturated rings. The van der Waals surface area contributed by atoms with Crippen molar-refractivity contribution in [3.05, 3.63) is 95.1 Å². The standard InChI is InChI=1S/C30H40N4/c1-7-21(2)28(32)34-20-33-27-17-13-23(14-18-27)30(5,6)25-10-8-9-24(19-25)29(3,4)22-11-15-26(31)16-12-22/h8-19,21,33H,7,20,31H2,1-6H3,(H2,32,34). The van der Waals surface area contributed by atoms with Crippen LogP contribution >= 0.6 is 0 Å². The minimum atomic E-state index is -0.134. The molecule has 0 radical (unpaired) electrons. The molecule has 34 heavy (non-hydrogen) atoms. The van der Waals surface area contributed by atoms with Crippen molar-refractivity contribution in [1.29, 1.82) is 0 Å². The molecule has 3 aromatic rings.